The molecule has 176 valence electrons. The molecule has 10 nitrogen and oxygen atoms in total. The first-order valence-corrected chi connectivity index (χ1v) is 11.5. The monoisotopic (exact) mass is 453 g/mol. The minimum absolute atomic E-state index is 0.0242. The Morgan fingerprint density at radius 3 is 2.27 bits per heavy atom. The number of aryl methyl sites for hydroxylation is 1. The van der Waals surface area contributed by atoms with E-state index in [2.05, 4.69) is 10.1 Å². The van der Waals surface area contributed by atoms with Gasteiger partial charge in [-0.15, -0.1) is 0 Å². The molecule has 0 bridgehead atoms. The van der Waals surface area contributed by atoms with E-state index in [1.54, 1.807) is 16.8 Å². The highest BCUT2D eigenvalue weighted by Crippen LogP contribution is 2.60. The van der Waals surface area contributed by atoms with E-state index in [-0.39, 0.29) is 40.8 Å². The van der Waals surface area contributed by atoms with Crippen molar-refractivity contribution in [3.8, 4) is 0 Å². The van der Waals surface area contributed by atoms with Gasteiger partial charge in [0.25, 0.3) is 11.8 Å². The van der Waals surface area contributed by atoms with E-state index in [9.17, 15) is 14.7 Å². The first kappa shape index (κ1) is 21.7. The zero-order chi connectivity index (χ0) is 23.4. The lowest BCUT2D eigenvalue weighted by Gasteiger charge is -2.41. The number of aliphatic hydroxyl groups is 1. The summed E-state index contributed by atoms with van der Waals surface area (Å²) < 4.78 is 1.67. The number of pyridine rings is 1. The fourth-order valence-corrected chi connectivity index (χ4v) is 6.35. The van der Waals surface area contributed by atoms with Crippen molar-refractivity contribution in [2.75, 3.05) is 44.3 Å². The number of anilines is 2. The normalized spacial score (nSPS) is 26.4. The summed E-state index contributed by atoms with van der Waals surface area (Å²) in [5.41, 5.74) is 13.5. The van der Waals surface area contributed by atoms with Crippen molar-refractivity contribution in [3.63, 3.8) is 0 Å². The van der Waals surface area contributed by atoms with Crippen LogP contribution in [0.5, 0.6) is 0 Å². The van der Waals surface area contributed by atoms with Gasteiger partial charge in [0.05, 0.1) is 24.4 Å². The second-order valence-corrected chi connectivity index (χ2v) is 9.87. The van der Waals surface area contributed by atoms with Gasteiger partial charge in [-0.1, -0.05) is 12.8 Å². The highest BCUT2D eigenvalue weighted by Gasteiger charge is 2.64. The topological polar surface area (TPSA) is 144 Å². The van der Waals surface area contributed by atoms with Crippen LogP contribution in [-0.2, 0) is 6.54 Å². The quantitative estimate of drug-likeness (QED) is 0.624. The SMILES string of the molecule is Cc1cc(C(=O)N2CC34CCCCC3(C2)CN(C(=O)c2ccnc(N)c2N)C4)nn1CCO. The molecule has 4 heterocycles. The van der Waals surface area contributed by atoms with Gasteiger partial charge in [0.2, 0.25) is 0 Å². The molecule has 10 heteroatoms. The lowest BCUT2D eigenvalue weighted by Crippen LogP contribution is -2.42. The van der Waals surface area contributed by atoms with Gasteiger partial charge in [0.1, 0.15) is 5.82 Å². The number of amides is 2. The second kappa shape index (κ2) is 7.72. The average molecular weight is 454 g/mol. The number of carbonyl (C=O) groups is 2. The largest absolute Gasteiger partial charge is 0.395 e. The van der Waals surface area contributed by atoms with E-state index >= 15 is 0 Å². The third kappa shape index (κ3) is 3.26. The Bertz CT molecular complexity index is 1090. The zero-order valence-electron chi connectivity index (χ0n) is 19.0. The maximum atomic E-state index is 13.4. The predicted molar refractivity (Wildman–Crippen MR) is 122 cm³/mol. The number of nitrogens with zero attached hydrogens (tertiary/aromatic N) is 5. The smallest absolute Gasteiger partial charge is 0.274 e. The predicted octanol–water partition coefficient (Wildman–Crippen LogP) is 0.902. The molecule has 0 aromatic carbocycles. The van der Waals surface area contributed by atoms with E-state index in [0.717, 1.165) is 31.4 Å². The summed E-state index contributed by atoms with van der Waals surface area (Å²) in [6, 6.07) is 3.42. The number of hydrogen-bond acceptors (Lipinski definition) is 7. The molecule has 3 aliphatic rings. The van der Waals surface area contributed by atoms with Crippen LogP contribution in [0.3, 0.4) is 0 Å². The number of nitrogens with two attached hydrogens (primary N) is 2. The Labute approximate surface area is 192 Å². The van der Waals surface area contributed by atoms with E-state index in [0.29, 0.717) is 44.0 Å². The zero-order valence-corrected chi connectivity index (χ0v) is 19.0. The molecule has 0 radical (unpaired) electrons. The highest BCUT2D eigenvalue weighted by molar-refractivity contribution is 6.01. The Kier molecular flexibility index (Phi) is 5.08. The summed E-state index contributed by atoms with van der Waals surface area (Å²) in [7, 11) is 0. The van der Waals surface area contributed by atoms with Crippen LogP contribution >= 0.6 is 0 Å². The lowest BCUT2D eigenvalue weighted by atomic mass is 9.60. The molecule has 2 amide bonds. The van der Waals surface area contributed by atoms with Crippen molar-refractivity contribution in [2.45, 2.75) is 39.2 Å². The minimum atomic E-state index is -0.118. The molecule has 5 N–H and O–H groups in total. The van der Waals surface area contributed by atoms with E-state index < -0.39 is 0 Å². The number of nitrogen functional groups attached to an aromatic ring is 2. The second-order valence-electron chi connectivity index (χ2n) is 9.87. The molecule has 2 aromatic heterocycles. The maximum Gasteiger partial charge on any atom is 0.274 e. The highest BCUT2D eigenvalue weighted by atomic mass is 16.3. The van der Waals surface area contributed by atoms with Crippen molar-refractivity contribution in [2.24, 2.45) is 10.8 Å². The van der Waals surface area contributed by atoms with Crippen LogP contribution in [0.25, 0.3) is 0 Å². The minimum Gasteiger partial charge on any atom is -0.395 e. The van der Waals surface area contributed by atoms with E-state index in [1.807, 2.05) is 16.7 Å². The van der Waals surface area contributed by atoms with Gasteiger partial charge >= 0.3 is 0 Å². The van der Waals surface area contributed by atoms with Gasteiger partial charge in [-0.2, -0.15) is 5.10 Å². The van der Waals surface area contributed by atoms with Crippen molar-refractivity contribution < 1.29 is 14.7 Å². The molecule has 2 saturated heterocycles. The third-order valence-electron chi connectivity index (χ3n) is 8.00. The number of aromatic nitrogens is 3. The molecule has 33 heavy (non-hydrogen) atoms. The summed E-state index contributed by atoms with van der Waals surface area (Å²) in [4.78, 5) is 34.5. The Hall–Kier alpha value is -3.14. The van der Waals surface area contributed by atoms with Crippen molar-refractivity contribution in [1.29, 1.82) is 0 Å². The number of carbonyl (C=O) groups excluding carboxylic acids is 2. The van der Waals surface area contributed by atoms with Gasteiger partial charge in [0, 0.05) is 48.9 Å². The van der Waals surface area contributed by atoms with Crippen LogP contribution in [-0.4, -0.2) is 74.3 Å². The molecule has 2 atom stereocenters. The average Bonchev–Trinajstić information content (AvgIpc) is 3.43. The third-order valence-corrected chi connectivity index (χ3v) is 8.00. The van der Waals surface area contributed by atoms with E-state index in [4.69, 9.17) is 11.5 Å². The molecule has 1 saturated carbocycles. The summed E-state index contributed by atoms with van der Waals surface area (Å²) in [5.74, 6) is -0.0246. The number of likely N-dealkylation sites (tertiary alicyclic amines) is 2. The first-order chi connectivity index (χ1) is 15.8. The summed E-state index contributed by atoms with van der Waals surface area (Å²) in [6.45, 7) is 4.68. The molecular weight excluding hydrogens is 422 g/mol. The van der Waals surface area contributed by atoms with Crippen LogP contribution in [0.4, 0.5) is 11.5 Å². The summed E-state index contributed by atoms with van der Waals surface area (Å²) in [5, 5.41) is 13.6. The Morgan fingerprint density at radius 1 is 1.06 bits per heavy atom. The van der Waals surface area contributed by atoms with Gasteiger partial charge in [-0.05, 0) is 31.9 Å². The number of hydrogen-bond donors (Lipinski definition) is 3. The first-order valence-electron chi connectivity index (χ1n) is 11.5. The van der Waals surface area contributed by atoms with Gasteiger partial charge < -0.3 is 26.4 Å². The fourth-order valence-electron chi connectivity index (χ4n) is 6.35. The molecule has 5 rings (SSSR count). The molecule has 3 fully saturated rings. The molecule has 1 aliphatic carbocycles. The molecular formula is C23H31N7O3. The van der Waals surface area contributed by atoms with Gasteiger partial charge in [-0.3, -0.25) is 14.3 Å². The Morgan fingerprint density at radius 2 is 1.67 bits per heavy atom. The number of rotatable bonds is 4. The summed E-state index contributed by atoms with van der Waals surface area (Å²) >= 11 is 0. The van der Waals surface area contributed by atoms with Crippen LogP contribution in [0.1, 0.15) is 52.2 Å². The van der Waals surface area contributed by atoms with Crippen LogP contribution in [0, 0.1) is 17.8 Å². The van der Waals surface area contributed by atoms with Crippen LogP contribution in [0.15, 0.2) is 18.3 Å². The van der Waals surface area contributed by atoms with E-state index in [1.165, 1.54) is 6.20 Å². The molecule has 0 spiro atoms. The van der Waals surface area contributed by atoms with Crippen LogP contribution in [0.2, 0.25) is 0 Å². The van der Waals surface area contributed by atoms with Gasteiger partial charge in [-0.25, -0.2) is 4.98 Å². The fraction of sp³-hybridized carbons (Fsp3) is 0.565. The molecule has 2 aromatic rings. The Balaban J connectivity index is 1.40. The standard InChI is InChI=1S/C23H31N7O3/c1-15-10-17(27-30(15)8-9-31)21(33)29-13-22-5-2-3-6-23(22,14-29)12-28(11-22)20(32)16-4-7-26-19(25)18(16)24/h4,7,10,31H,2-3,5-6,8-9,11-14,24H2,1H3,(H2,25,26). The molecule has 2 unspecified atom stereocenters. The van der Waals surface area contributed by atoms with Crippen molar-refractivity contribution >= 4 is 23.3 Å². The van der Waals surface area contributed by atoms with Crippen LogP contribution < -0.4 is 11.5 Å². The molecule has 2 aliphatic heterocycles. The van der Waals surface area contributed by atoms with Gasteiger partial charge in [0.15, 0.2) is 5.69 Å². The number of aliphatic hydroxyl groups excluding tert-OH is 1. The van der Waals surface area contributed by atoms with Crippen molar-refractivity contribution in [1.82, 2.24) is 24.6 Å². The summed E-state index contributed by atoms with van der Waals surface area (Å²) in [6.07, 6.45) is 5.69. The van der Waals surface area contributed by atoms with Crippen molar-refractivity contribution in [3.05, 3.63) is 35.3 Å². The lowest BCUT2D eigenvalue weighted by molar-refractivity contribution is 0.0705. The maximum absolute atomic E-state index is 13.4.